The lowest BCUT2D eigenvalue weighted by Crippen LogP contribution is -2.12. The van der Waals surface area contributed by atoms with Crippen molar-refractivity contribution in [3.8, 4) is 17.0 Å². The maximum Gasteiger partial charge on any atom is 0.269 e. The van der Waals surface area contributed by atoms with Crippen molar-refractivity contribution in [1.29, 1.82) is 0 Å². The first kappa shape index (κ1) is 17.0. The quantitative estimate of drug-likeness (QED) is 0.552. The summed E-state index contributed by atoms with van der Waals surface area (Å²) in [5, 5.41) is 7.19. The number of nitrogens with two attached hydrogens (primary N) is 1. The number of para-hydroxylation sites is 1. The Labute approximate surface area is 158 Å². The Bertz CT molecular complexity index is 1150. The van der Waals surface area contributed by atoms with Gasteiger partial charge in [0.15, 0.2) is 5.82 Å². The topological polar surface area (TPSA) is 103 Å². The van der Waals surface area contributed by atoms with Crippen molar-refractivity contribution >= 4 is 39.0 Å². The molecular weight excluding hydrogens is 364 g/mol. The number of ether oxygens (including phenoxy) is 1. The van der Waals surface area contributed by atoms with Crippen molar-refractivity contribution in [3.63, 3.8) is 0 Å². The molecular formula is C19H16N4O3S. The Balaban J connectivity index is 1.72. The number of aryl methyl sites for hydroxylation is 1. The van der Waals surface area contributed by atoms with E-state index in [0.717, 1.165) is 22.4 Å². The number of nitrogens with one attached hydrogen (secondary N) is 1. The van der Waals surface area contributed by atoms with Crippen molar-refractivity contribution in [1.82, 2.24) is 10.1 Å². The van der Waals surface area contributed by atoms with Crippen LogP contribution in [0.5, 0.6) is 5.75 Å². The highest BCUT2D eigenvalue weighted by Gasteiger charge is 2.19. The third-order valence-corrected chi connectivity index (χ3v) is 5.17. The van der Waals surface area contributed by atoms with Gasteiger partial charge in [0.1, 0.15) is 21.2 Å². The number of amides is 1. The molecule has 3 N–H and O–H groups in total. The van der Waals surface area contributed by atoms with E-state index in [2.05, 4.69) is 15.5 Å². The third-order valence-electron chi connectivity index (χ3n) is 4.05. The number of hydrogen-bond acceptors (Lipinski definition) is 7. The summed E-state index contributed by atoms with van der Waals surface area (Å²) in [6, 6.07) is 13.0. The number of hydrogen-bond donors (Lipinski definition) is 2. The van der Waals surface area contributed by atoms with Gasteiger partial charge >= 0.3 is 0 Å². The summed E-state index contributed by atoms with van der Waals surface area (Å²) < 4.78 is 10.4. The number of aromatic nitrogens is 2. The van der Waals surface area contributed by atoms with Gasteiger partial charge in [0, 0.05) is 17.0 Å². The highest BCUT2D eigenvalue weighted by atomic mass is 32.1. The van der Waals surface area contributed by atoms with Crippen LogP contribution in [-0.2, 0) is 0 Å². The van der Waals surface area contributed by atoms with Crippen LogP contribution >= 0.6 is 11.3 Å². The van der Waals surface area contributed by atoms with Gasteiger partial charge in [-0.2, -0.15) is 0 Å². The number of nitrogen functional groups attached to an aromatic ring is 1. The Hall–Kier alpha value is -3.39. The average Bonchev–Trinajstić information content (AvgIpc) is 3.24. The number of benzene rings is 1. The molecule has 27 heavy (non-hydrogen) atoms. The second-order valence-corrected chi connectivity index (χ2v) is 6.87. The smallest absolute Gasteiger partial charge is 0.269 e. The van der Waals surface area contributed by atoms with Gasteiger partial charge in [-0.1, -0.05) is 17.3 Å². The first-order chi connectivity index (χ1) is 13.1. The van der Waals surface area contributed by atoms with Crippen LogP contribution in [0.1, 0.15) is 15.4 Å². The predicted octanol–water partition coefficient (Wildman–Crippen LogP) is 4.10. The van der Waals surface area contributed by atoms with Crippen molar-refractivity contribution in [2.75, 3.05) is 18.2 Å². The molecule has 0 unspecified atom stereocenters. The lowest BCUT2D eigenvalue weighted by molar-refractivity contribution is 0.103. The summed E-state index contributed by atoms with van der Waals surface area (Å²) >= 11 is 1.23. The fourth-order valence-corrected chi connectivity index (χ4v) is 3.76. The zero-order valence-corrected chi connectivity index (χ0v) is 15.5. The molecule has 4 rings (SSSR count). The van der Waals surface area contributed by atoms with Gasteiger partial charge < -0.3 is 20.3 Å². The maximum absolute atomic E-state index is 12.6. The van der Waals surface area contributed by atoms with Crippen LogP contribution in [0.4, 0.5) is 11.5 Å². The van der Waals surface area contributed by atoms with Gasteiger partial charge in [-0.25, -0.2) is 4.98 Å². The molecule has 1 aromatic carbocycles. The number of carbonyl (C=O) groups is 1. The van der Waals surface area contributed by atoms with Crippen molar-refractivity contribution < 1.29 is 14.1 Å². The molecule has 0 atom stereocenters. The SMILES string of the molecule is COc1ccccc1-c1ccc2c(N)c(C(=O)Nc3cc(C)on3)sc2n1. The summed E-state index contributed by atoms with van der Waals surface area (Å²) in [6.07, 6.45) is 0. The van der Waals surface area contributed by atoms with Gasteiger partial charge in [-0.05, 0) is 31.2 Å². The summed E-state index contributed by atoms with van der Waals surface area (Å²) in [6.45, 7) is 1.75. The lowest BCUT2D eigenvalue weighted by Gasteiger charge is -2.07. The fourth-order valence-electron chi connectivity index (χ4n) is 2.77. The molecule has 0 aliphatic carbocycles. The van der Waals surface area contributed by atoms with Gasteiger partial charge in [-0.15, -0.1) is 11.3 Å². The number of methoxy groups -OCH3 is 1. The molecule has 7 nitrogen and oxygen atoms in total. The standard InChI is InChI=1S/C19H16N4O3S/c1-10-9-15(23-26-10)22-18(24)17-16(20)12-7-8-13(21-19(12)27-17)11-5-3-4-6-14(11)25-2/h3-9H,20H2,1-2H3,(H,22,23,24). The first-order valence-electron chi connectivity index (χ1n) is 8.14. The number of fused-ring (bicyclic) bond motifs is 1. The van der Waals surface area contributed by atoms with Crippen LogP contribution in [0.25, 0.3) is 21.5 Å². The Kier molecular flexibility index (Phi) is 4.25. The predicted molar refractivity (Wildman–Crippen MR) is 105 cm³/mol. The van der Waals surface area contributed by atoms with E-state index in [0.29, 0.717) is 27.0 Å². The highest BCUT2D eigenvalue weighted by Crippen LogP contribution is 2.36. The summed E-state index contributed by atoms with van der Waals surface area (Å²) in [7, 11) is 1.62. The average molecular weight is 380 g/mol. The summed E-state index contributed by atoms with van der Waals surface area (Å²) in [5.41, 5.74) is 8.20. The van der Waals surface area contributed by atoms with Crippen LogP contribution in [0.2, 0.25) is 0 Å². The van der Waals surface area contributed by atoms with Crippen molar-refractivity contribution in [2.45, 2.75) is 6.92 Å². The molecule has 3 heterocycles. The van der Waals surface area contributed by atoms with Gasteiger partial charge in [0.05, 0.1) is 18.5 Å². The van der Waals surface area contributed by atoms with Gasteiger partial charge in [0.2, 0.25) is 0 Å². The number of pyridine rings is 1. The summed E-state index contributed by atoms with van der Waals surface area (Å²) in [5.74, 6) is 1.34. The third kappa shape index (κ3) is 3.11. The van der Waals surface area contributed by atoms with Gasteiger partial charge in [0.25, 0.3) is 5.91 Å². The molecule has 0 bridgehead atoms. The second kappa shape index (κ2) is 6.73. The Morgan fingerprint density at radius 3 is 2.81 bits per heavy atom. The molecule has 0 aliphatic heterocycles. The lowest BCUT2D eigenvalue weighted by atomic mass is 10.1. The summed E-state index contributed by atoms with van der Waals surface area (Å²) in [4.78, 5) is 18.3. The number of rotatable bonds is 4. The second-order valence-electron chi connectivity index (χ2n) is 5.87. The number of anilines is 2. The fraction of sp³-hybridized carbons (Fsp3) is 0.105. The molecule has 8 heteroatoms. The number of nitrogens with zero attached hydrogens (tertiary/aromatic N) is 2. The van der Waals surface area contributed by atoms with Crippen LogP contribution in [0, 0.1) is 6.92 Å². The monoisotopic (exact) mass is 380 g/mol. The molecule has 0 spiro atoms. The molecule has 0 saturated heterocycles. The van der Waals surface area contributed by atoms with E-state index in [1.807, 2.05) is 36.4 Å². The van der Waals surface area contributed by atoms with Crippen molar-refractivity contribution in [3.05, 3.63) is 53.1 Å². The minimum Gasteiger partial charge on any atom is -0.496 e. The van der Waals surface area contributed by atoms with E-state index < -0.39 is 0 Å². The van der Waals surface area contributed by atoms with E-state index in [1.54, 1.807) is 20.1 Å². The minimum atomic E-state index is -0.345. The molecule has 0 aliphatic rings. The first-order valence-corrected chi connectivity index (χ1v) is 8.95. The van der Waals surface area contributed by atoms with E-state index in [1.165, 1.54) is 11.3 Å². The Morgan fingerprint density at radius 2 is 2.07 bits per heavy atom. The van der Waals surface area contributed by atoms with Crippen molar-refractivity contribution in [2.24, 2.45) is 0 Å². The van der Waals surface area contributed by atoms with Crippen LogP contribution in [-0.4, -0.2) is 23.2 Å². The largest absolute Gasteiger partial charge is 0.496 e. The Morgan fingerprint density at radius 1 is 1.26 bits per heavy atom. The molecule has 4 aromatic rings. The number of carbonyl (C=O) groups excluding carboxylic acids is 1. The number of thiophene rings is 1. The van der Waals surface area contributed by atoms with E-state index >= 15 is 0 Å². The molecule has 1 amide bonds. The minimum absolute atomic E-state index is 0.344. The zero-order chi connectivity index (χ0) is 19.0. The van der Waals surface area contributed by atoms with E-state index in [9.17, 15) is 4.79 Å². The zero-order valence-electron chi connectivity index (χ0n) is 14.6. The highest BCUT2D eigenvalue weighted by molar-refractivity contribution is 7.21. The normalized spacial score (nSPS) is 10.9. The molecule has 0 fully saturated rings. The molecule has 0 saturated carbocycles. The maximum atomic E-state index is 12.6. The van der Waals surface area contributed by atoms with Crippen LogP contribution < -0.4 is 15.8 Å². The molecule has 136 valence electrons. The van der Waals surface area contributed by atoms with E-state index in [4.69, 9.17) is 15.0 Å². The van der Waals surface area contributed by atoms with E-state index in [-0.39, 0.29) is 5.91 Å². The van der Waals surface area contributed by atoms with Crippen LogP contribution in [0.3, 0.4) is 0 Å². The van der Waals surface area contributed by atoms with Gasteiger partial charge in [-0.3, -0.25) is 4.79 Å². The molecule has 0 radical (unpaired) electrons. The van der Waals surface area contributed by atoms with Crippen LogP contribution in [0.15, 0.2) is 47.0 Å². The molecule has 3 aromatic heterocycles.